The molecule has 2 rings (SSSR count). The quantitative estimate of drug-likeness (QED) is 0.543. The van der Waals surface area contributed by atoms with Crippen LogP contribution in [0, 0.1) is 13.8 Å². The molecule has 0 aliphatic rings. The van der Waals surface area contributed by atoms with Gasteiger partial charge in [-0.2, -0.15) is 0 Å². The second-order valence-corrected chi connectivity index (χ2v) is 10.5. The normalized spacial score (nSPS) is 11.9. The highest BCUT2D eigenvalue weighted by Gasteiger charge is 2.17. The standard InChI is InChI=1S/C24H34N2O4S/c1-18-8-6-9-19(2)23(18)30-17-7-10-22(27)25-15-16-26-31(28,29)21-13-11-20(12-14-21)24(3,4)5/h6,8-9,11-14,26H,7,10,15-17H2,1-5H3,(H,25,27). The van der Waals surface area contributed by atoms with Gasteiger partial charge in [0.2, 0.25) is 15.9 Å². The number of ether oxygens (including phenoxy) is 1. The van der Waals surface area contributed by atoms with Gasteiger partial charge in [0.25, 0.3) is 0 Å². The van der Waals surface area contributed by atoms with Gasteiger partial charge in [-0.3, -0.25) is 4.79 Å². The number of aryl methyl sites for hydroxylation is 2. The van der Waals surface area contributed by atoms with E-state index in [9.17, 15) is 13.2 Å². The number of hydrogen-bond donors (Lipinski definition) is 2. The van der Waals surface area contributed by atoms with Crippen LogP contribution in [0.4, 0.5) is 0 Å². The van der Waals surface area contributed by atoms with Crippen molar-refractivity contribution in [3.8, 4) is 5.75 Å². The molecule has 7 heteroatoms. The minimum Gasteiger partial charge on any atom is -0.493 e. The number of hydrogen-bond acceptors (Lipinski definition) is 4. The summed E-state index contributed by atoms with van der Waals surface area (Å²) in [6, 6.07) is 12.9. The monoisotopic (exact) mass is 446 g/mol. The number of benzene rings is 2. The molecule has 170 valence electrons. The first-order valence-electron chi connectivity index (χ1n) is 10.6. The molecule has 0 saturated heterocycles. The largest absolute Gasteiger partial charge is 0.493 e. The molecule has 0 bridgehead atoms. The number of carbonyl (C=O) groups excluding carboxylic acids is 1. The molecule has 31 heavy (non-hydrogen) atoms. The number of sulfonamides is 1. The highest BCUT2D eigenvalue weighted by molar-refractivity contribution is 7.89. The van der Waals surface area contributed by atoms with E-state index in [0.29, 0.717) is 19.4 Å². The smallest absolute Gasteiger partial charge is 0.240 e. The molecule has 2 aromatic rings. The van der Waals surface area contributed by atoms with Crippen molar-refractivity contribution in [1.29, 1.82) is 0 Å². The lowest BCUT2D eigenvalue weighted by Gasteiger charge is -2.19. The molecule has 0 atom stereocenters. The van der Waals surface area contributed by atoms with Gasteiger partial charge in [-0.1, -0.05) is 51.1 Å². The highest BCUT2D eigenvalue weighted by atomic mass is 32.2. The molecule has 6 nitrogen and oxygen atoms in total. The van der Waals surface area contributed by atoms with Crippen molar-refractivity contribution in [3.63, 3.8) is 0 Å². The van der Waals surface area contributed by atoms with Crippen LogP contribution in [-0.4, -0.2) is 34.0 Å². The lowest BCUT2D eigenvalue weighted by Crippen LogP contribution is -2.34. The minimum atomic E-state index is -3.60. The van der Waals surface area contributed by atoms with Crippen molar-refractivity contribution in [1.82, 2.24) is 10.0 Å². The molecular formula is C24H34N2O4S. The number of rotatable bonds is 10. The van der Waals surface area contributed by atoms with Gasteiger partial charge in [-0.25, -0.2) is 13.1 Å². The van der Waals surface area contributed by atoms with Crippen molar-refractivity contribution < 1.29 is 17.9 Å². The summed E-state index contributed by atoms with van der Waals surface area (Å²) in [4.78, 5) is 12.2. The van der Waals surface area contributed by atoms with E-state index in [1.54, 1.807) is 12.1 Å². The molecule has 0 fully saturated rings. The molecule has 0 aromatic heterocycles. The third-order valence-corrected chi connectivity index (χ3v) is 6.45. The molecule has 2 aromatic carbocycles. The summed E-state index contributed by atoms with van der Waals surface area (Å²) < 4.78 is 33.1. The van der Waals surface area contributed by atoms with Crippen molar-refractivity contribution in [2.24, 2.45) is 0 Å². The first kappa shape index (κ1) is 24.9. The fourth-order valence-corrected chi connectivity index (χ4v) is 4.16. The molecular weight excluding hydrogens is 412 g/mol. The Hall–Kier alpha value is -2.38. The topological polar surface area (TPSA) is 84.5 Å². The average Bonchev–Trinajstić information content (AvgIpc) is 2.70. The van der Waals surface area contributed by atoms with E-state index >= 15 is 0 Å². The second kappa shape index (κ2) is 10.8. The van der Waals surface area contributed by atoms with E-state index in [2.05, 4.69) is 30.8 Å². The molecule has 2 N–H and O–H groups in total. The third-order valence-electron chi connectivity index (χ3n) is 4.97. The first-order chi connectivity index (χ1) is 14.5. The van der Waals surface area contributed by atoms with Gasteiger partial charge < -0.3 is 10.1 Å². The predicted molar refractivity (Wildman–Crippen MR) is 124 cm³/mol. The van der Waals surface area contributed by atoms with Crippen molar-refractivity contribution in [3.05, 3.63) is 59.2 Å². The van der Waals surface area contributed by atoms with E-state index in [4.69, 9.17) is 4.74 Å². The second-order valence-electron chi connectivity index (χ2n) is 8.70. The van der Waals surface area contributed by atoms with Gasteiger partial charge in [-0.15, -0.1) is 0 Å². The van der Waals surface area contributed by atoms with Gasteiger partial charge >= 0.3 is 0 Å². The van der Waals surface area contributed by atoms with Crippen LogP contribution in [0.3, 0.4) is 0 Å². The summed E-state index contributed by atoms with van der Waals surface area (Å²) in [6.07, 6.45) is 0.914. The number of carbonyl (C=O) groups is 1. The Kier molecular flexibility index (Phi) is 8.65. The lowest BCUT2D eigenvalue weighted by atomic mass is 9.87. The fraction of sp³-hybridized carbons (Fsp3) is 0.458. The Morgan fingerprint density at radius 3 is 2.16 bits per heavy atom. The van der Waals surface area contributed by atoms with Gasteiger partial charge in [0, 0.05) is 19.5 Å². The van der Waals surface area contributed by atoms with E-state index < -0.39 is 10.0 Å². The van der Waals surface area contributed by atoms with Crippen molar-refractivity contribution in [2.45, 2.75) is 57.8 Å². The van der Waals surface area contributed by atoms with Gasteiger partial charge in [0.05, 0.1) is 11.5 Å². The van der Waals surface area contributed by atoms with Gasteiger partial charge in [0.15, 0.2) is 0 Å². The highest BCUT2D eigenvalue weighted by Crippen LogP contribution is 2.23. The Morgan fingerprint density at radius 1 is 0.968 bits per heavy atom. The maximum atomic E-state index is 12.4. The molecule has 0 aliphatic heterocycles. The summed E-state index contributed by atoms with van der Waals surface area (Å²) in [5.41, 5.74) is 3.18. The average molecular weight is 447 g/mol. The number of nitrogens with one attached hydrogen (secondary N) is 2. The fourth-order valence-electron chi connectivity index (χ4n) is 3.13. The van der Waals surface area contributed by atoms with Crippen LogP contribution in [0.2, 0.25) is 0 Å². The van der Waals surface area contributed by atoms with Crippen LogP contribution < -0.4 is 14.8 Å². The Balaban J connectivity index is 1.69. The van der Waals surface area contributed by atoms with Crippen LogP contribution in [0.25, 0.3) is 0 Å². The first-order valence-corrected chi connectivity index (χ1v) is 12.0. The van der Waals surface area contributed by atoms with Crippen molar-refractivity contribution in [2.75, 3.05) is 19.7 Å². The SMILES string of the molecule is Cc1cccc(C)c1OCCCC(=O)NCCNS(=O)(=O)c1ccc(C(C)(C)C)cc1. The molecule has 0 heterocycles. The zero-order chi connectivity index (χ0) is 23.1. The predicted octanol–water partition coefficient (Wildman–Crippen LogP) is 3.85. The maximum absolute atomic E-state index is 12.4. The summed E-state index contributed by atoms with van der Waals surface area (Å²) >= 11 is 0. The summed E-state index contributed by atoms with van der Waals surface area (Å²) in [5.74, 6) is 0.742. The van der Waals surface area contributed by atoms with Crippen LogP contribution in [0.1, 0.15) is 50.3 Å². The summed E-state index contributed by atoms with van der Waals surface area (Å²) in [5, 5.41) is 2.74. The van der Waals surface area contributed by atoms with Crippen LogP contribution in [-0.2, 0) is 20.2 Å². The van der Waals surface area contributed by atoms with E-state index in [1.165, 1.54) is 0 Å². The molecule has 0 spiro atoms. The zero-order valence-corrected chi connectivity index (χ0v) is 19.9. The lowest BCUT2D eigenvalue weighted by molar-refractivity contribution is -0.121. The summed E-state index contributed by atoms with van der Waals surface area (Å²) in [6.45, 7) is 11.0. The molecule has 1 amide bonds. The Bertz CT molecular complexity index is 957. The molecule has 0 unspecified atom stereocenters. The van der Waals surface area contributed by atoms with Crippen LogP contribution >= 0.6 is 0 Å². The van der Waals surface area contributed by atoms with Gasteiger partial charge in [0.1, 0.15) is 5.75 Å². The van der Waals surface area contributed by atoms with Crippen LogP contribution in [0.15, 0.2) is 47.4 Å². The molecule has 0 radical (unpaired) electrons. The van der Waals surface area contributed by atoms with E-state index in [1.807, 2.05) is 44.2 Å². The number of amides is 1. The van der Waals surface area contributed by atoms with Gasteiger partial charge in [-0.05, 0) is 54.5 Å². The zero-order valence-electron chi connectivity index (χ0n) is 19.1. The Morgan fingerprint density at radius 2 is 1.58 bits per heavy atom. The summed E-state index contributed by atoms with van der Waals surface area (Å²) in [7, 11) is -3.60. The Labute approximate surface area is 186 Å². The third kappa shape index (κ3) is 7.67. The van der Waals surface area contributed by atoms with E-state index in [-0.39, 0.29) is 29.3 Å². The van der Waals surface area contributed by atoms with Crippen LogP contribution in [0.5, 0.6) is 5.75 Å². The number of para-hydroxylation sites is 1. The van der Waals surface area contributed by atoms with Crippen molar-refractivity contribution >= 4 is 15.9 Å². The minimum absolute atomic E-state index is 0.0379. The molecule has 0 aliphatic carbocycles. The maximum Gasteiger partial charge on any atom is 0.240 e. The van der Waals surface area contributed by atoms with E-state index in [0.717, 1.165) is 22.4 Å². The molecule has 0 saturated carbocycles.